The van der Waals surface area contributed by atoms with E-state index in [0.29, 0.717) is 0 Å². The zero-order valence-corrected chi connectivity index (χ0v) is 6.45. The lowest BCUT2D eigenvalue weighted by molar-refractivity contribution is 1.11. The standard InChI is InChI=1S/C8H9N.ClH/c1-2-4-8-7(3-1)5-6-9-8;/h1-4,9H,5-6H2;1H. The zero-order chi connectivity index (χ0) is 6.10. The van der Waals surface area contributed by atoms with E-state index in [1.54, 1.807) is 0 Å². The van der Waals surface area contributed by atoms with Crippen molar-refractivity contribution < 1.29 is 0 Å². The molecule has 2 rings (SSSR count). The van der Waals surface area contributed by atoms with Gasteiger partial charge in [-0.25, -0.2) is 0 Å². The monoisotopic (exact) mass is 155 g/mol. The van der Waals surface area contributed by atoms with Gasteiger partial charge < -0.3 is 5.32 Å². The summed E-state index contributed by atoms with van der Waals surface area (Å²) in [5.74, 6) is 0. The van der Waals surface area contributed by atoms with Crippen LogP contribution in [0.3, 0.4) is 0 Å². The summed E-state index contributed by atoms with van der Waals surface area (Å²) in [6.07, 6.45) is 1.19. The van der Waals surface area contributed by atoms with Crippen molar-refractivity contribution in [3.63, 3.8) is 0 Å². The highest BCUT2D eigenvalue weighted by atomic mass is 35.5. The maximum atomic E-state index is 3.30. The van der Waals surface area contributed by atoms with Crippen LogP contribution in [0.2, 0.25) is 0 Å². The molecule has 1 N–H and O–H groups in total. The van der Waals surface area contributed by atoms with Gasteiger partial charge in [-0.05, 0) is 18.1 Å². The van der Waals surface area contributed by atoms with Gasteiger partial charge in [-0.15, -0.1) is 12.4 Å². The molecule has 0 saturated carbocycles. The van der Waals surface area contributed by atoms with E-state index >= 15 is 0 Å². The third-order valence-corrected chi connectivity index (χ3v) is 1.73. The fourth-order valence-electron chi connectivity index (χ4n) is 1.24. The Morgan fingerprint density at radius 3 is 2.80 bits per heavy atom. The zero-order valence-electron chi connectivity index (χ0n) is 5.63. The Morgan fingerprint density at radius 2 is 2.00 bits per heavy atom. The van der Waals surface area contributed by atoms with E-state index in [1.165, 1.54) is 17.7 Å². The molecule has 0 unspecified atom stereocenters. The van der Waals surface area contributed by atoms with Crippen molar-refractivity contribution in [1.82, 2.24) is 0 Å². The number of hydrogen-bond acceptors (Lipinski definition) is 1. The minimum Gasteiger partial charge on any atom is -0.384 e. The maximum absolute atomic E-state index is 3.30. The van der Waals surface area contributed by atoms with Crippen LogP contribution in [0.4, 0.5) is 5.69 Å². The van der Waals surface area contributed by atoms with Crippen molar-refractivity contribution in [2.45, 2.75) is 6.42 Å². The lowest BCUT2D eigenvalue weighted by atomic mass is 10.2. The molecule has 1 aliphatic rings. The molecule has 0 aromatic heterocycles. The van der Waals surface area contributed by atoms with Crippen molar-refractivity contribution >= 4 is 18.1 Å². The molecule has 0 fully saturated rings. The summed E-state index contributed by atoms with van der Waals surface area (Å²) >= 11 is 0. The second kappa shape index (κ2) is 2.93. The van der Waals surface area contributed by atoms with Gasteiger partial charge in [0.1, 0.15) is 0 Å². The SMILES string of the molecule is Cl.c1ccc2c(c1)CCN2. The van der Waals surface area contributed by atoms with Gasteiger partial charge in [0.05, 0.1) is 0 Å². The maximum Gasteiger partial charge on any atom is 0.0373 e. The predicted octanol–water partition coefficient (Wildman–Crippen LogP) is 2.08. The van der Waals surface area contributed by atoms with Gasteiger partial charge in [0.15, 0.2) is 0 Å². The van der Waals surface area contributed by atoms with Crippen molar-refractivity contribution in [1.29, 1.82) is 0 Å². The first-order valence-electron chi connectivity index (χ1n) is 3.28. The highest BCUT2D eigenvalue weighted by Gasteiger charge is 2.05. The number of benzene rings is 1. The molecule has 1 nitrogen and oxygen atoms in total. The van der Waals surface area contributed by atoms with E-state index in [1.807, 2.05) is 0 Å². The Bertz CT molecular complexity index is 199. The molecule has 0 radical (unpaired) electrons. The summed E-state index contributed by atoms with van der Waals surface area (Å²) in [6.45, 7) is 1.11. The lowest BCUT2D eigenvalue weighted by Gasteiger charge is -1.94. The van der Waals surface area contributed by atoms with Gasteiger partial charge in [-0.2, -0.15) is 0 Å². The normalized spacial score (nSPS) is 13.2. The van der Waals surface area contributed by atoms with Crippen LogP contribution in [0.5, 0.6) is 0 Å². The van der Waals surface area contributed by atoms with Crippen molar-refractivity contribution in [2.75, 3.05) is 11.9 Å². The third kappa shape index (κ3) is 1.09. The minimum atomic E-state index is 0. The van der Waals surface area contributed by atoms with Gasteiger partial charge in [-0.3, -0.25) is 0 Å². The Morgan fingerprint density at radius 1 is 1.20 bits per heavy atom. The van der Waals surface area contributed by atoms with Crippen LogP contribution in [0.1, 0.15) is 5.56 Å². The quantitative estimate of drug-likeness (QED) is 0.605. The summed E-state index contributed by atoms with van der Waals surface area (Å²) in [7, 11) is 0. The molecular formula is C8H10ClN. The van der Waals surface area contributed by atoms with Crippen LogP contribution in [-0.2, 0) is 6.42 Å². The Hall–Kier alpha value is -0.690. The average molecular weight is 156 g/mol. The number of nitrogens with one attached hydrogen (secondary N) is 1. The van der Waals surface area contributed by atoms with Crippen LogP contribution >= 0.6 is 12.4 Å². The summed E-state index contributed by atoms with van der Waals surface area (Å²) in [5.41, 5.74) is 2.77. The molecule has 2 heteroatoms. The lowest BCUT2D eigenvalue weighted by Crippen LogP contribution is -1.90. The number of anilines is 1. The first-order valence-corrected chi connectivity index (χ1v) is 3.28. The van der Waals surface area contributed by atoms with E-state index in [2.05, 4.69) is 29.6 Å². The molecule has 0 amide bonds. The van der Waals surface area contributed by atoms with Gasteiger partial charge in [0.25, 0.3) is 0 Å². The fraction of sp³-hybridized carbons (Fsp3) is 0.250. The van der Waals surface area contributed by atoms with Crippen LogP contribution in [-0.4, -0.2) is 6.54 Å². The van der Waals surface area contributed by atoms with E-state index in [4.69, 9.17) is 0 Å². The minimum absolute atomic E-state index is 0. The smallest absolute Gasteiger partial charge is 0.0373 e. The molecule has 1 aliphatic heterocycles. The molecule has 54 valence electrons. The number of rotatable bonds is 0. The molecule has 0 aliphatic carbocycles. The average Bonchev–Trinajstić information content (AvgIpc) is 2.33. The van der Waals surface area contributed by atoms with Crippen LogP contribution in [0.25, 0.3) is 0 Å². The van der Waals surface area contributed by atoms with Crippen molar-refractivity contribution in [3.8, 4) is 0 Å². The summed E-state index contributed by atoms with van der Waals surface area (Å²) in [5, 5.41) is 3.30. The molecule has 1 aromatic carbocycles. The van der Waals surface area contributed by atoms with Gasteiger partial charge in [0.2, 0.25) is 0 Å². The Labute approximate surface area is 66.9 Å². The molecular weight excluding hydrogens is 146 g/mol. The van der Waals surface area contributed by atoms with E-state index < -0.39 is 0 Å². The Kier molecular flexibility index (Phi) is 2.17. The van der Waals surface area contributed by atoms with Gasteiger partial charge in [-0.1, -0.05) is 18.2 Å². The van der Waals surface area contributed by atoms with Gasteiger partial charge >= 0.3 is 0 Å². The summed E-state index contributed by atoms with van der Waals surface area (Å²) < 4.78 is 0. The second-order valence-electron chi connectivity index (χ2n) is 2.33. The number of para-hydroxylation sites is 1. The summed E-state index contributed by atoms with van der Waals surface area (Å²) in [4.78, 5) is 0. The largest absolute Gasteiger partial charge is 0.384 e. The third-order valence-electron chi connectivity index (χ3n) is 1.73. The van der Waals surface area contributed by atoms with Crippen LogP contribution in [0.15, 0.2) is 24.3 Å². The molecule has 1 heterocycles. The summed E-state index contributed by atoms with van der Waals surface area (Å²) in [6, 6.07) is 8.46. The molecule has 10 heavy (non-hydrogen) atoms. The molecule has 1 aromatic rings. The molecule has 0 bridgehead atoms. The first kappa shape index (κ1) is 7.42. The van der Waals surface area contributed by atoms with Crippen LogP contribution in [0, 0.1) is 0 Å². The number of hydrogen-bond donors (Lipinski definition) is 1. The first-order chi connectivity index (χ1) is 4.47. The number of halogens is 1. The predicted molar refractivity (Wildman–Crippen MR) is 45.9 cm³/mol. The fourth-order valence-corrected chi connectivity index (χ4v) is 1.24. The van der Waals surface area contributed by atoms with Gasteiger partial charge in [0, 0.05) is 12.2 Å². The molecule has 0 saturated heterocycles. The van der Waals surface area contributed by atoms with E-state index in [-0.39, 0.29) is 12.4 Å². The van der Waals surface area contributed by atoms with Crippen molar-refractivity contribution in [3.05, 3.63) is 29.8 Å². The van der Waals surface area contributed by atoms with E-state index in [0.717, 1.165) is 6.54 Å². The topological polar surface area (TPSA) is 12.0 Å². The second-order valence-corrected chi connectivity index (χ2v) is 2.33. The number of fused-ring (bicyclic) bond motifs is 1. The van der Waals surface area contributed by atoms with Crippen molar-refractivity contribution in [2.24, 2.45) is 0 Å². The molecule has 0 spiro atoms. The van der Waals surface area contributed by atoms with E-state index in [9.17, 15) is 0 Å². The highest BCUT2D eigenvalue weighted by Crippen LogP contribution is 2.19. The molecule has 0 atom stereocenters. The van der Waals surface area contributed by atoms with Crippen LogP contribution < -0.4 is 5.32 Å². The Balaban J connectivity index is 0.000000500. The highest BCUT2D eigenvalue weighted by molar-refractivity contribution is 5.85.